The Bertz CT molecular complexity index is 689. The van der Waals surface area contributed by atoms with Crippen molar-refractivity contribution in [3.05, 3.63) is 63.6 Å². The van der Waals surface area contributed by atoms with Gasteiger partial charge in [0.15, 0.2) is 0 Å². The average molecular weight is 257 g/mol. The van der Waals surface area contributed by atoms with Crippen molar-refractivity contribution in [2.75, 3.05) is 5.73 Å². The van der Waals surface area contributed by atoms with Crippen LogP contribution >= 0.6 is 0 Å². The molecule has 0 saturated heterocycles. The quantitative estimate of drug-likeness (QED) is 0.800. The van der Waals surface area contributed by atoms with Crippen molar-refractivity contribution in [3.63, 3.8) is 0 Å². The standard InChI is InChI=1S/C14H15N3O2/c1-9-4-5-17(13(18)6-9)8-11-3-2-10(14(16)19)7-12(11)15/h2-7H,8,15H2,1H3,(H2,16,19). The van der Waals surface area contributed by atoms with Gasteiger partial charge >= 0.3 is 0 Å². The van der Waals surface area contributed by atoms with E-state index in [1.165, 1.54) is 6.07 Å². The number of hydrogen-bond donors (Lipinski definition) is 2. The van der Waals surface area contributed by atoms with Gasteiger partial charge in [0.1, 0.15) is 0 Å². The number of carbonyl (C=O) groups excluding carboxylic acids is 1. The Balaban J connectivity index is 2.33. The average Bonchev–Trinajstić information content (AvgIpc) is 2.34. The van der Waals surface area contributed by atoms with E-state index in [0.717, 1.165) is 11.1 Å². The number of benzene rings is 1. The molecule has 2 rings (SSSR count). The maximum Gasteiger partial charge on any atom is 0.251 e. The number of amides is 1. The van der Waals surface area contributed by atoms with Gasteiger partial charge < -0.3 is 16.0 Å². The first-order valence-electron chi connectivity index (χ1n) is 5.82. The second kappa shape index (κ2) is 4.97. The minimum atomic E-state index is -0.522. The van der Waals surface area contributed by atoms with Crippen molar-refractivity contribution in [2.45, 2.75) is 13.5 Å². The van der Waals surface area contributed by atoms with E-state index in [4.69, 9.17) is 11.5 Å². The molecule has 98 valence electrons. The molecule has 0 spiro atoms. The Labute approximate surface area is 110 Å². The van der Waals surface area contributed by atoms with Crippen LogP contribution in [-0.4, -0.2) is 10.5 Å². The van der Waals surface area contributed by atoms with Crippen LogP contribution in [0, 0.1) is 6.92 Å². The number of rotatable bonds is 3. The molecule has 0 atom stereocenters. The lowest BCUT2D eigenvalue weighted by molar-refractivity contribution is 0.100. The third-order valence-corrected chi connectivity index (χ3v) is 2.92. The highest BCUT2D eigenvalue weighted by molar-refractivity contribution is 5.93. The maximum absolute atomic E-state index is 11.8. The summed E-state index contributed by atoms with van der Waals surface area (Å²) in [6.45, 7) is 2.23. The molecular formula is C14H15N3O2. The summed E-state index contributed by atoms with van der Waals surface area (Å²) in [6.07, 6.45) is 1.72. The Morgan fingerprint density at radius 2 is 2.00 bits per heavy atom. The van der Waals surface area contributed by atoms with E-state index in [1.54, 1.807) is 29.0 Å². The number of nitrogen functional groups attached to an aromatic ring is 1. The topological polar surface area (TPSA) is 91.1 Å². The van der Waals surface area contributed by atoms with Gasteiger partial charge in [-0.25, -0.2) is 0 Å². The normalized spacial score (nSPS) is 10.4. The smallest absolute Gasteiger partial charge is 0.251 e. The fourth-order valence-corrected chi connectivity index (χ4v) is 1.81. The number of aromatic nitrogens is 1. The number of aryl methyl sites for hydroxylation is 1. The van der Waals surface area contributed by atoms with E-state index in [2.05, 4.69) is 0 Å². The Morgan fingerprint density at radius 1 is 1.26 bits per heavy atom. The second-order valence-corrected chi connectivity index (χ2v) is 4.45. The zero-order valence-electron chi connectivity index (χ0n) is 10.6. The molecule has 1 aromatic carbocycles. The molecule has 2 aromatic rings. The summed E-state index contributed by atoms with van der Waals surface area (Å²) < 4.78 is 1.56. The van der Waals surface area contributed by atoms with E-state index in [9.17, 15) is 9.59 Å². The molecule has 0 unspecified atom stereocenters. The van der Waals surface area contributed by atoms with Crippen molar-refractivity contribution in [3.8, 4) is 0 Å². The van der Waals surface area contributed by atoms with Gasteiger partial charge in [0.2, 0.25) is 5.91 Å². The van der Waals surface area contributed by atoms with Gasteiger partial charge in [0.25, 0.3) is 5.56 Å². The van der Waals surface area contributed by atoms with Crippen LogP contribution in [0.2, 0.25) is 0 Å². The predicted octanol–water partition coefficient (Wildman–Crippen LogP) is 0.886. The van der Waals surface area contributed by atoms with E-state index < -0.39 is 5.91 Å². The highest BCUT2D eigenvalue weighted by Crippen LogP contribution is 2.15. The molecule has 5 heteroatoms. The first-order chi connectivity index (χ1) is 8.97. The molecule has 0 aliphatic carbocycles. The summed E-state index contributed by atoms with van der Waals surface area (Å²) in [7, 11) is 0. The van der Waals surface area contributed by atoms with Crippen LogP contribution in [0.15, 0.2) is 41.3 Å². The molecule has 0 radical (unpaired) electrons. The molecule has 0 aliphatic heterocycles. The Morgan fingerprint density at radius 3 is 2.58 bits per heavy atom. The zero-order chi connectivity index (χ0) is 14.0. The summed E-state index contributed by atoms with van der Waals surface area (Å²) in [5, 5.41) is 0. The monoisotopic (exact) mass is 257 g/mol. The number of carbonyl (C=O) groups is 1. The van der Waals surface area contributed by atoms with Gasteiger partial charge in [-0.2, -0.15) is 0 Å². The van der Waals surface area contributed by atoms with Crippen molar-refractivity contribution in [2.24, 2.45) is 5.73 Å². The first kappa shape index (κ1) is 12.9. The van der Waals surface area contributed by atoms with Crippen molar-refractivity contribution in [1.82, 2.24) is 4.57 Å². The minimum Gasteiger partial charge on any atom is -0.398 e. The molecule has 0 aliphatic rings. The number of pyridine rings is 1. The number of nitrogens with zero attached hydrogens (tertiary/aromatic N) is 1. The van der Waals surface area contributed by atoms with Crippen molar-refractivity contribution >= 4 is 11.6 Å². The third kappa shape index (κ3) is 2.82. The van der Waals surface area contributed by atoms with Gasteiger partial charge in [-0.3, -0.25) is 9.59 Å². The molecule has 0 bridgehead atoms. The van der Waals surface area contributed by atoms with E-state index in [0.29, 0.717) is 17.8 Å². The van der Waals surface area contributed by atoms with Crippen LogP contribution in [0.5, 0.6) is 0 Å². The summed E-state index contributed by atoms with van der Waals surface area (Å²) in [5.41, 5.74) is 13.5. The van der Waals surface area contributed by atoms with Gasteiger partial charge in [-0.1, -0.05) is 6.07 Å². The molecule has 1 amide bonds. The highest BCUT2D eigenvalue weighted by atomic mass is 16.1. The van der Waals surface area contributed by atoms with Crippen molar-refractivity contribution in [1.29, 1.82) is 0 Å². The van der Waals surface area contributed by atoms with Crippen LogP contribution < -0.4 is 17.0 Å². The van der Waals surface area contributed by atoms with E-state index in [1.807, 2.05) is 13.0 Å². The van der Waals surface area contributed by atoms with E-state index >= 15 is 0 Å². The van der Waals surface area contributed by atoms with Crippen LogP contribution in [-0.2, 0) is 6.54 Å². The molecule has 0 fully saturated rings. The lowest BCUT2D eigenvalue weighted by atomic mass is 10.1. The minimum absolute atomic E-state index is 0.0848. The SMILES string of the molecule is Cc1ccn(Cc2ccc(C(N)=O)cc2N)c(=O)c1. The summed E-state index contributed by atoms with van der Waals surface area (Å²) >= 11 is 0. The number of nitrogens with two attached hydrogens (primary N) is 2. The zero-order valence-corrected chi connectivity index (χ0v) is 10.6. The molecule has 19 heavy (non-hydrogen) atoms. The molecule has 1 aromatic heterocycles. The van der Waals surface area contributed by atoms with Crippen LogP contribution in [0.3, 0.4) is 0 Å². The summed E-state index contributed by atoms with van der Waals surface area (Å²) in [5.74, 6) is -0.522. The molecular weight excluding hydrogens is 242 g/mol. The summed E-state index contributed by atoms with van der Waals surface area (Å²) in [4.78, 5) is 22.8. The highest BCUT2D eigenvalue weighted by Gasteiger charge is 2.06. The Hall–Kier alpha value is -2.56. The lowest BCUT2D eigenvalue weighted by Gasteiger charge is -2.09. The second-order valence-electron chi connectivity index (χ2n) is 4.45. The fourth-order valence-electron chi connectivity index (χ4n) is 1.81. The molecule has 5 nitrogen and oxygen atoms in total. The third-order valence-electron chi connectivity index (χ3n) is 2.92. The van der Waals surface area contributed by atoms with Gasteiger partial charge in [-0.05, 0) is 36.2 Å². The number of primary amides is 1. The molecule has 0 saturated carbocycles. The Kier molecular flexibility index (Phi) is 3.37. The van der Waals surface area contributed by atoms with Gasteiger partial charge in [-0.15, -0.1) is 0 Å². The predicted molar refractivity (Wildman–Crippen MR) is 73.9 cm³/mol. The maximum atomic E-state index is 11.8. The largest absolute Gasteiger partial charge is 0.398 e. The van der Waals surface area contributed by atoms with E-state index in [-0.39, 0.29) is 5.56 Å². The molecule has 4 N–H and O–H groups in total. The lowest BCUT2D eigenvalue weighted by Crippen LogP contribution is -2.20. The summed E-state index contributed by atoms with van der Waals surface area (Å²) in [6, 6.07) is 8.26. The van der Waals surface area contributed by atoms with Crippen LogP contribution in [0.25, 0.3) is 0 Å². The number of hydrogen-bond acceptors (Lipinski definition) is 3. The fraction of sp³-hybridized carbons (Fsp3) is 0.143. The van der Waals surface area contributed by atoms with Crippen LogP contribution in [0.1, 0.15) is 21.5 Å². The van der Waals surface area contributed by atoms with Gasteiger partial charge in [0, 0.05) is 23.5 Å². The first-order valence-corrected chi connectivity index (χ1v) is 5.82. The van der Waals surface area contributed by atoms with Crippen molar-refractivity contribution < 1.29 is 4.79 Å². The van der Waals surface area contributed by atoms with Crippen LogP contribution in [0.4, 0.5) is 5.69 Å². The van der Waals surface area contributed by atoms with Gasteiger partial charge in [0.05, 0.1) is 6.54 Å². The molecule has 1 heterocycles. The number of anilines is 1.